The van der Waals surface area contributed by atoms with Gasteiger partial charge in [0, 0.05) is 25.0 Å². The van der Waals surface area contributed by atoms with Crippen molar-refractivity contribution in [2.24, 2.45) is 0 Å². The number of alkyl halides is 1. The minimum absolute atomic E-state index is 0.397. The normalized spacial score (nSPS) is 13.1. The third-order valence-electron chi connectivity index (χ3n) is 2.61. The maximum atomic E-state index is 6.20. The van der Waals surface area contributed by atoms with Crippen molar-refractivity contribution in [3.8, 4) is 0 Å². The van der Waals surface area contributed by atoms with E-state index in [9.17, 15) is 0 Å². The Kier molecular flexibility index (Phi) is 5.59. The molecule has 0 fully saturated rings. The minimum Gasteiger partial charge on any atom is -0.309 e. The number of nitrogens with zero attached hydrogens (tertiary/aromatic N) is 2. The highest BCUT2D eigenvalue weighted by atomic mass is 35.5. The van der Waals surface area contributed by atoms with Crippen molar-refractivity contribution < 1.29 is 0 Å². The molecule has 0 aliphatic carbocycles. The van der Waals surface area contributed by atoms with Crippen LogP contribution in [0.15, 0.2) is 0 Å². The molecule has 1 atom stereocenters. The molecule has 1 aromatic heterocycles. The molecule has 5 heteroatoms. The Balaban J connectivity index is 2.65. The summed E-state index contributed by atoms with van der Waals surface area (Å²) in [5.74, 6) is 0.675. The molecule has 0 saturated carbocycles. The number of nitrogens with one attached hydrogen (secondary N) is 1. The molecule has 0 saturated heterocycles. The summed E-state index contributed by atoms with van der Waals surface area (Å²) in [5, 5.41) is 8.54. The summed E-state index contributed by atoms with van der Waals surface area (Å²) in [4.78, 5) is 0. The highest BCUT2D eigenvalue weighted by Crippen LogP contribution is 2.20. The molecule has 1 N–H and O–H groups in total. The summed E-state index contributed by atoms with van der Waals surface area (Å²) in [6.45, 7) is 7.70. The van der Waals surface area contributed by atoms with Gasteiger partial charge in [0.15, 0.2) is 0 Å². The lowest BCUT2D eigenvalue weighted by Crippen LogP contribution is -2.27. The van der Waals surface area contributed by atoms with Crippen LogP contribution in [-0.4, -0.2) is 21.7 Å². The Labute approximate surface area is 107 Å². The van der Waals surface area contributed by atoms with Gasteiger partial charge in [0.2, 0.25) is 0 Å². The van der Waals surface area contributed by atoms with Gasteiger partial charge in [0.05, 0.1) is 16.4 Å². The quantitative estimate of drug-likeness (QED) is 0.800. The lowest BCUT2D eigenvalue weighted by molar-refractivity contribution is 0.507. The maximum absolute atomic E-state index is 6.20. The number of hydrogen-bond donors (Lipinski definition) is 1. The van der Waals surface area contributed by atoms with Crippen LogP contribution in [0.4, 0.5) is 0 Å². The minimum atomic E-state index is 0.397. The first-order chi connectivity index (χ1) is 7.60. The van der Waals surface area contributed by atoms with Crippen molar-refractivity contribution in [1.29, 1.82) is 0 Å². The van der Waals surface area contributed by atoms with E-state index in [1.165, 1.54) is 0 Å². The van der Waals surface area contributed by atoms with E-state index in [1.807, 2.05) is 11.6 Å². The largest absolute Gasteiger partial charge is 0.309 e. The monoisotopic (exact) mass is 263 g/mol. The average molecular weight is 264 g/mol. The SMILES string of the molecule is CCn1nc(C)c(Cl)c1CNC(C)CCCl. The fraction of sp³-hybridized carbons (Fsp3) is 0.727. The molecule has 0 spiro atoms. The summed E-state index contributed by atoms with van der Waals surface area (Å²) < 4.78 is 1.94. The first-order valence-corrected chi connectivity index (χ1v) is 6.52. The summed E-state index contributed by atoms with van der Waals surface area (Å²) in [7, 11) is 0. The maximum Gasteiger partial charge on any atom is 0.0860 e. The zero-order valence-corrected chi connectivity index (χ0v) is 11.6. The number of halogens is 2. The topological polar surface area (TPSA) is 29.9 Å². The highest BCUT2D eigenvalue weighted by molar-refractivity contribution is 6.31. The van der Waals surface area contributed by atoms with Crippen LogP contribution < -0.4 is 5.32 Å². The first-order valence-electron chi connectivity index (χ1n) is 5.61. The van der Waals surface area contributed by atoms with E-state index in [1.54, 1.807) is 0 Å². The summed E-state index contributed by atoms with van der Waals surface area (Å²) in [6.07, 6.45) is 0.957. The van der Waals surface area contributed by atoms with Gasteiger partial charge in [0.1, 0.15) is 0 Å². The van der Waals surface area contributed by atoms with E-state index in [0.717, 1.165) is 35.9 Å². The summed E-state index contributed by atoms with van der Waals surface area (Å²) in [6, 6.07) is 0.397. The molecule has 0 amide bonds. The van der Waals surface area contributed by atoms with Crippen LogP contribution in [0.2, 0.25) is 5.02 Å². The summed E-state index contributed by atoms with van der Waals surface area (Å²) in [5.41, 5.74) is 1.95. The molecule has 0 radical (unpaired) electrons. The molecular formula is C11H19Cl2N3. The Morgan fingerprint density at radius 3 is 2.75 bits per heavy atom. The van der Waals surface area contributed by atoms with Crippen LogP contribution in [0.25, 0.3) is 0 Å². The first kappa shape index (κ1) is 13.8. The predicted molar refractivity (Wildman–Crippen MR) is 69.3 cm³/mol. The molecule has 92 valence electrons. The van der Waals surface area contributed by atoms with Crippen LogP contribution in [0.3, 0.4) is 0 Å². The van der Waals surface area contributed by atoms with E-state index in [2.05, 4.69) is 24.3 Å². The van der Waals surface area contributed by atoms with Gasteiger partial charge in [-0.2, -0.15) is 5.10 Å². The zero-order chi connectivity index (χ0) is 12.1. The Morgan fingerprint density at radius 2 is 2.19 bits per heavy atom. The molecule has 1 unspecified atom stereocenters. The van der Waals surface area contributed by atoms with Crippen LogP contribution in [0.5, 0.6) is 0 Å². The second-order valence-electron chi connectivity index (χ2n) is 3.92. The lowest BCUT2D eigenvalue weighted by Gasteiger charge is -2.13. The molecule has 1 rings (SSSR count). The van der Waals surface area contributed by atoms with E-state index < -0.39 is 0 Å². The molecule has 16 heavy (non-hydrogen) atoms. The molecule has 1 aromatic rings. The van der Waals surface area contributed by atoms with Crippen molar-refractivity contribution in [3.05, 3.63) is 16.4 Å². The summed E-state index contributed by atoms with van der Waals surface area (Å²) >= 11 is 11.9. The second kappa shape index (κ2) is 6.48. The molecule has 0 aliphatic rings. The number of aromatic nitrogens is 2. The van der Waals surface area contributed by atoms with E-state index in [0.29, 0.717) is 11.9 Å². The van der Waals surface area contributed by atoms with E-state index in [4.69, 9.17) is 23.2 Å². The molecule has 0 aliphatic heterocycles. The van der Waals surface area contributed by atoms with Crippen molar-refractivity contribution in [3.63, 3.8) is 0 Å². The Morgan fingerprint density at radius 1 is 1.50 bits per heavy atom. The van der Waals surface area contributed by atoms with E-state index in [-0.39, 0.29) is 0 Å². The van der Waals surface area contributed by atoms with E-state index >= 15 is 0 Å². The van der Waals surface area contributed by atoms with Gasteiger partial charge in [-0.05, 0) is 27.2 Å². The number of rotatable bonds is 6. The average Bonchev–Trinajstić information content (AvgIpc) is 2.53. The Bertz CT molecular complexity index is 336. The molecule has 0 bridgehead atoms. The van der Waals surface area contributed by atoms with Crippen molar-refractivity contribution in [1.82, 2.24) is 15.1 Å². The third kappa shape index (κ3) is 3.37. The predicted octanol–water partition coefficient (Wildman–Crippen LogP) is 2.97. The molecule has 0 aromatic carbocycles. The molecular weight excluding hydrogens is 245 g/mol. The second-order valence-corrected chi connectivity index (χ2v) is 4.68. The molecule has 3 nitrogen and oxygen atoms in total. The van der Waals surface area contributed by atoms with Crippen LogP contribution >= 0.6 is 23.2 Å². The van der Waals surface area contributed by atoms with Gasteiger partial charge in [-0.3, -0.25) is 4.68 Å². The van der Waals surface area contributed by atoms with Crippen molar-refractivity contribution in [2.75, 3.05) is 5.88 Å². The fourth-order valence-electron chi connectivity index (χ4n) is 1.57. The van der Waals surface area contributed by atoms with Crippen molar-refractivity contribution in [2.45, 2.75) is 46.3 Å². The Hall–Kier alpha value is -0.250. The van der Waals surface area contributed by atoms with Gasteiger partial charge in [-0.25, -0.2) is 0 Å². The standard InChI is InChI=1S/C11H19Cl2N3/c1-4-16-10(11(13)9(3)15-16)7-14-8(2)5-6-12/h8,14H,4-7H2,1-3H3. The van der Waals surface area contributed by atoms with Gasteiger partial charge in [0.25, 0.3) is 0 Å². The zero-order valence-electron chi connectivity index (χ0n) is 10.1. The lowest BCUT2D eigenvalue weighted by atomic mass is 10.2. The van der Waals surface area contributed by atoms with Gasteiger partial charge in [-0.1, -0.05) is 11.6 Å². The smallest absolute Gasteiger partial charge is 0.0860 e. The fourth-order valence-corrected chi connectivity index (χ4v) is 2.10. The van der Waals surface area contributed by atoms with Gasteiger partial charge >= 0.3 is 0 Å². The number of aryl methyl sites for hydroxylation is 2. The molecule has 1 heterocycles. The van der Waals surface area contributed by atoms with Crippen LogP contribution in [-0.2, 0) is 13.1 Å². The van der Waals surface area contributed by atoms with Gasteiger partial charge < -0.3 is 5.32 Å². The highest BCUT2D eigenvalue weighted by Gasteiger charge is 2.12. The van der Waals surface area contributed by atoms with Crippen molar-refractivity contribution >= 4 is 23.2 Å². The number of hydrogen-bond acceptors (Lipinski definition) is 2. The third-order valence-corrected chi connectivity index (χ3v) is 3.32. The van der Waals surface area contributed by atoms with Gasteiger partial charge in [-0.15, -0.1) is 11.6 Å². The van der Waals surface area contributed by atoms with Crippen LogP contribution in [0.1, 0.15) is 31.7 Å². The van der Waals surface area contributed by atoms with Crippen LogP contribution in [0, 0.1) is 6.92 Å².